The maximum Gasteiger partial charge on any atom is 1.00 e. The first-order chi connectivity index (χ1) is 64.6. The summed E-state index contributed by atoms with van der Waals surface area (Å²) >= 11 is 42.0. The van der Waals surface area contributed by atoms with E-state index < -0.39 is 84.3 Å². The molecule has 7 rings (SSSR count). The van der Waals surface area contributed by atoms with Crippen LogP contribution in [0.1, 0.15) is 232 Å². The molecule has 806 valence electrons. The zero-order chi connectivity index (χ0) is 110. The monoisotopic (exact) mass is 2390 g/mol. The zero-order valence-electron chi connectivity index (χ0n) is 90.9. The topological polar surface area (TPSA) is 404 Å². The summed E-state index contributed by atoms with van der Waals surface area (Å²) in [4.78, 5) is 129. The van der Waals surface area contributed by atoms with Crippen LogP contribution in [0.4, 0.5) is 9.80 Å². The molecule has 0 unspecified atom stereocenters. The van der Waals surface area contributed by atoms with E-state index in [1.165, 1.54) is 31.6 Å². The SMILES string of the molecule is CC(C)(C)[Si](C)(C)Cl.CC(C)(C)[Si](C)(C)OCCCN.CC(C)(C)[Si](C)(C)OCCCN=C=O.CCOC(=O)c1sc(N)c(C(=O)OCC)c1C.CCOC(=O)c1sc2[nH]c(=O)n(CCCO[Si](C)(C)C(C)(C)C)c(=O)c2c1C.CCOC(=O)c1sc2c(c1C)c(=O)n(CCCO[Si](C)(C)C(C)(C)C)c(=O)n2CCc1ccccc1.ICCc1ccccc1.NCCCO.O=C(OC(Cl)(Cl)Cl)OC(Cl)(Cl)Cl.[H-].[Na+]. The molecule has 2 aromatic carbocycles. The van der Waals surface area contributed by atoms with Gasteiger partial charge < -0.3 is 69.9 Å². The number of aliphatic hydroxyl groups is 1. The third kappa shape index (κ3) is 51.9. The van der Waals surface area contributed by atoms with Gasteiger partial charge in [-0.05, 0) is 281 Å². The number of hydrogen-bond acceptors (Lipinski definition) is 28. The average Bonchev–Trinajstić information content (AvgIpc) is 1.60. The minimum Gasteiger partial charge on any atom is -1.00 e. The van der Waals surface area contributed by atoms with Crippen molar-refractivity contribution >= 4 is 239 Å². The second-order valence-electron chi connectivity index (χ2n) is 39.7. The van der Waals surface area contributed by atoms with Crippen LogP contribution in [0.2, 0.25) is 90.7 Å². The number of isocyanates is 1. The molecule has 0 saturated heterocycles. The number of rotatable bonds is 34. The third-order valence-corrected chi connectivity index (χ3v) is 51.6. The summed E-state index contributed by atoms with van der Waals surface area (Å²) in [6, 6.07) is 20.5. The van der Waals surface area contributed by atoms with Gasteiger partial charge in [-0.1, -0.05) is 200 Å². The number of nitrogen functional groups attached to an aromatic ring is 1. The number of nitrogens with two attached hydrogens (primary N) is 3. The average molecular weight is 2400 g/mol. The van der Waals surface area contributed by atoms with Gasteiger partial charge in [0.15, 0.2) is 40.7 Å². The molecule has 0 amide bonds. The zero-order valence-corrected chi connectivity index (χ0v) is 107. The second-order valence-corrected chi connectivity index (χ2v) is 74.7. The first kappa shape index (κ1) is 142. The van der Waals surface area contributed by atoms with Crippen molar-refractivity contribution in [1.82, 2.24) is 18.7 Å². The van der Waals surface area contributed by atoms with Crippen LogP contribution >= 0.6 is 137 Å². The molecule has 5 heterocycles. The summed E-state index contributed by atoms with van der Waals surface area (Å²) in [5.74, 6) is -1.91. The first-order valence-electron chi connectivity index (χ1n) is 46.7. The Kier molecular flexibility index (Phi) is 67.1. The van der Waals surface area contributed by atoms with E-state index in [1.54, 1.807) is 53.0 Å². The predicted octanol–water partition coefficient (Wildman–Crippen LogP) is 22.2. The van der Waals surface area contributed by atoms with Crippen molar-refractivity contribution in [2.45, 2.75) is 316 Å². The largest absolute Gasteiger partial charge is 1.00 e. The first-order valence-corrected chi connectivity index (χ1v) is 68.6. The van der Waals surface area contributed by atoms with Crippen molar-refractivity contribution in [3.8, 4) is 0 Å². The molecule has 0 aliphatic rings. The van der Waals surface area contributed by atoms with E-state index in [1.807, 2.05) is 30.3 Å². The Morgan fingerprint density at radius 2 is 0.831 bits per heavy atom. The standard InChI is InChI=1S/C27H38N2O5SSi.C19H30N2O5SSi.C11H15NO4S.C10H21NO2Si.C9H23NOSi.C8H9I.C6H15ClSi.C3Cl6O3.C3H9NO.Na.H/c1-8-33-25(31)22-19(2)21-23(30)28(16-12-18-34-36(6,7)27(3,4)5)26(32)29(24(21)35-22)17-15-20-13-10-9-11-14-20;1-8-25-17(23)14-12(2)13-15(27-14)20-18(24)21(16(13)22)10-9-11-26-28(6,7)19(3,4)5;1-4-15-10(13)7-6(3)8(17-9(7)12)11(14)16-5-2;1-10(2,3)14(4,5)13-8-6-7-11-9-12;1-9(2,3)12(4,5)11-8-6-7-10;9-7-6-8-4-2-1-3-5-8;1-6(2,3)8(4,5)7;4-2(5,6)11-1(10)12-3(7,8)9;4-2-1-3-5;;/h9-11,13-14H,8,12,15-18H2,1-7H3;8-11H2,1-7H3,(H,20,24);4-5,12H2,1-3H3;6-8H2,1-5H3;6-8,10H2,1-5H3;1-5H,6-7H2;1-5H3;;5H,1-4H2;;/q;;;;;;;;;+1;-1. The van der Waals surface area contributed by atoms with E-state index in [-0.39, 0.29) is 120 Å². The fourth-order valence-electron chi connectivity index (χ4n) is 10.2. The summed E-state index contributed by atoms with van der Waals surface area (Å²) in [7, 11) is -8.27. The summed E-state index contributed by atoms with van der Waals surface area (Å²) in [6.45, 7) is 73.7. The number of aromatic nitrogens is 4. The van der Waals surface area contributed by atoms with Gasteiger partial charge in [0.25, 0.3) is 11.1 Å². The van der Waals surface area contributed by atoms with Gasteiger partial charge in [-0.25, -0.2) is 43.3 Å². The van der Waals surface area contributed by atoms with Gasteiger partial charge in [0.2, 0.25) is 6.08 Å². The number of anilines is 1. The van der Waals surface area contributed by atoms with Crippen LogP contribution in [0.25, 0.3) is 20.4 Å². The number of ether oxygens (including phenoxy) is 6. The Bertz CT molecular complexity index is 5240. The van der Waals surface area contributed by atoms with E-state index >= 15 is 0 Å². The second kappa shape index (κ2) is 66.9. The molecule has 0 aliphatic heterocycles. The van der Waals surface area contributed by atoms with Gasteiger partial charge in [-0.3, -0.25) is 28.3 Å². The number of aromatic amines is 1. The van der Waals surface area contributed by atoms with E-state index in [0.29, 0.717) is 121 Å². The van der Waals surface area contributed by atoms with Gasteiger partial charge >= 0.3 is 78.9 Å². The molecule has 0 spiro atoms. The smallest absolute Gasteiger partial charge is 1.00 e. The summed E-state index contributed by atoms with van der Waals surface area (Å²) in [5.41, 5.74) is 19.0. The van der Waals surface area contributed by atoms with Gasteiger partial charge in [-0.2, -0.15) is 11.1 Å². The van der Waals surface area contributed by atoms with Gasteiger partial charge in [0, 0.05) is 57.1 Å². The Morgan fingerprint density at radius 3 is 1.18 bits per heavy atom. The number of nitrogens with zero attached hydrogens (tertiary/aromatic N) is 4. The fourth-order valence-corrected chi connectivity index (χ4v) is 18.8. The molecule has 0 saturated carbocycles. The van der Waals surface area contributed by atoms with Gasteiger partial charge in [-0.15, -0.1) is 34.0 Å². The molecule has 142 heavy (non-hydrogen) atoms. The van der Waals surface area contributed by atoms with Crippen molar-refractivity contribution < 1.29 is 111 Å². The van der Waals surface area contributed by atoms with Crippen molar-refractivity contribution in [3.63, 3.8) is 0 Å². The Labute approximate surface area is 931 Å². The number of benzene rings is 2. The number of nitrogens with one attached hydrogen (secondary N) is 1. The van der Waals surface area contributed by atoms with Crippen LogP contribution in [0.5, 0.6) is 0 Å². The van der Waals surface area contributed by atoms with E-state index in [2.05, 4.69) is 242 Å². The molecule has 5 aromatic heterocycles. The number of thiophene rings is 3. The molecule has 46 heteroatoms. The number of hydrogen-bond donors (Lipinski definition) is 5. The molecule has 0 fully saturated rings. The molecule has 29 nitrogen and oxygen atoms in total. The molecule has 0 bridgehead atoms. The Balaban J connectivity index is -0.000000805. The number of aliphatic imine (C=N–C) groups is 1. The van der Waals surface area contributed by atoms with Crippen molar-refractivity contribution in [1.29, 1.82) is 0 Å². The van der Waals surface area contributed by atoms with Crippen molar-refractivity contribution in [3.05, 3.63) is 150 Å². The van der Waals surface area contributed by atoms with Crippen LogP contribution < -0.4 is 69.3 Å². The maximum absolute atomic E-state index is 13.6. The Hall–Kier alpha value is -3.69. The quantitative estimate of drug-likeness (QED) is 0.00288. The summed E-state index contributed by atoms with van der Waals surface area (Å²) in [6.07, 6.45) is 5.58. The number of esters is 4. The van der Waals surface area contributed by atoms with Crippen LogP contribution in [-0.4, -0.2) is 192 Å². The number of aryl methyl sites for hydroxylation is 5. The number of H-pyrrole nitrogens is 1. The van der Waals surface area contributed by atoms with E-state index in [0.717, 1.165) is 72.0 Å². The fraction of sp³-hybridized carbons (Fsp3) is 0.646. The van der Waals surface area contributed by atoms with Gasteiger partial charge in [0.1, 0.15) is 29.3 Å². The van der Waals surface area contributed by atoms with Crippen molar-refractivity contribution in [2.75, 3.05) is 89.3 Å². The molecule has 7 aromatic rings. The predicted molar refractivity (Wildman–Crippen MR) is 609 cm³/mol. The number of halogens is 8. The Morgan fingerprint density at radius 1 is 0.486 bits per heavy atom. The number of aliphatic hydroxyl groups excluding tert-OH is 1. The molecule has 0 aliphatic carbocycles. The number of carbonyl (C=O) groups is 5. The molecule has 0 radical (unpaired) electrons. The van der Waals surface area contributed by atoms with Crippen LogP contribution in [0.15, 0.2) is 84.8 Å². The van der Waals surface area contributed by atoms with Crippen LogP contribution in [0.3, 0.4) is 0 Å². The molecular weight excluding hydrogens is 2240 g/mol. The third-order valence-electron chi connectivity index (χ3n) is 23.6. The summed E-state index contributed by atoms with van der Waals surface area (Å²) in [5, 5.41) is 10.2. The molecular formula is C96H161Cl7IN8NaO21S3Si5. The minimum absolute atomic E-state index is 0. The normalized spacial score (nSPS) is 11.9. The molecule has 8 N–H and O–H groups in total. The van der Waals surface area contributed by atoms with Crippen LogP contribution in [-0.2, 0) is 83.4 Å². The number of alkyl halides is 7. The van der Waals surface area contributed by atoms with Gasteiger partial charge in [0.05, 0.1) is 49.3 Å². The summed E-state index contributed by atoms with van der Waals surface area (Å²) < 4.78 is 53.0. The number of fused-ring (bicyclic) bond motifs is 2. The van der Waals surface area contributed by atoms with Crippen LogP contribution in [0, 0.1) is 20.8 Å². The van der Waals surface area contributed by atoms with Crippen molar-refractivity contribution in [2.24, 2.45) is 16.5 Å². The molecule has 0 atom stereocenters. The maximum atomic E-state index is 13.6. The number of carbonyl (C=O) groups excluding carboxylic acids is 6. The minimum atomic E-state index is -2.24. The van der Waals surface area contributed by atoms with E-state index in [9.17, 15) is 47.9 Å². The van der Waals surface area contributed by atoms with E-state index in [4.69, 9.17) is 140 Å².